The maximum atomic E-state index is 13.1. The summed E-state index contributed by atoms with van der Waals surface area (Å²) in [6.07, 6.45) is 3.49. The van der Waals surface area contributed by atoms with Gasteiger partial charge in [0.2, 0.25) is 0 Å². The van der Waals surface area contributed by atoms with Crippen LogP contribution in [0.25, 0.3) is 0 Å². The standard InChI is InChI=1S/2C36H34N2O2P2.2CHCl3.2Au.2ClH/c2*39-35(37-24-26-41(31-16-5-1-6-17-31)32-18-7-2-8-19-32)29-14-13-15-30(28-29)36(40)38-25-27-42(33-20-9-3-10-21-33)34-22-11-4-12-23-34;2*2-1(3)4;;;;/h2*1-23,28H,24-27H2,(H,37,39)(H,38,40);2*1H;;;2*1H/q;;;;2*+1;;/p+2. The van der Waals surface area contributed by atoms with Gasteiger partial charge in [0.1, 0.15) is 0 Å². The zero-order valence-corrected chi connectivity index (χ0v) is 66.2. The van der Waals surface area contributed by atoms with Crippen molar-refractivity contribution in [3.05, 3.63) is 313 Å². The molecule has 0 saturated heterocycles. The Bertz CT molecular complexity index is 3130. The number of amides is 4. The maximum Gasteiger partial charge on any atom is 1.00 e. The van der Waals surface area contributed by atoms with E-state index >= 15 is 0 Å². The number of rotatable bonds is 24. The Morgan fingerprint density at radius 2 is 0.385 bits per heavy atom. The van der Waals surface area contributed by atoms with Gasteiger partial charge in [-0.05, 0) is 133 Å². The average Bonchev–Trinajstić information content (AvgIpc) is 1.09. The van der Waals surface area contributed by atoms with Crippen molar-refractivity contribution in [2.75, 3.05) is 50.8 Å². The summed E-state index contributed by atoms with van der Waals surface area (Å²) in [5.74, 6) is -0.645. The molecule has 0 aliphatic heterocycles. The van der Waals surface area contributed by atoms with Crippen LogP contribution in [0.4, 0.5) is 0 Å². The van der Waals surface area contributed by atoms with E-state index < -0.39 is 40.3 Å². The first-order chi connectivity index (χ1) is 44.8. The molecule has 10 aromatic rings. The van der Waals surface area contributed by atoms with Crippen molar-refractivity contribution in [3.8, 4) is 0 Å². The molecule has 0 saturated carbocycles. The number of carbonyl (C=O) groups excluding carboxylic acids is 4. The molecule has 0 aliphatic rings. The van der Waals surface area contributed by atoms with Gasteiger partial charge in [-0.1, -0.05) is 227 Å². The first kappa shape index (κ1) is 85.8. The minimum absolute atomic E-state index is 0. The molecule has 0 unspecified atom stereocenters. The predicted molar refractivity (Wildman–Crippen MR) is 406 cm³/mol. The molecule has 4 N–H and O–H groups in total. The van der Waals surface area contributed by atoms with Crippen molar-refractivity contribution < 1.29 is 88.8 Å². The molecule has 0 aliphatic carbocycles. The van der Waals surface area contributed by atoms with Crippen LogP contribution in [0.15, 0.2) is 291 Å². The Labute approximate surface area is 643 Å². The van der Waals surface area contributed by atoms with Crippen LogP contribution in [-0.4, -0.2) is 83.0 Å². The third-order valence-corrected chi connectivity index (χ3v) is 25.6. The van der Waals surface area contributed by atoms with E-state index in [4.69, 9.17) is 69.6 Å². The van der Waals surface area contributed by atoms with Gasteiger partial charge in [-0.2, -0.15) is 0 Å². The molecule has 0 aromatic heterocycles. The van der Waals surface area contributed by atoms with E-state index in [1.54, 1.807) is 48.5 Å². The molecule has 8 nitrogen and oxygen atoms in total. The van der Waals surface area contributed by atoms with E-state index in [1.165, 1.54) is 42.4 Å². The van der Waals surface area contributed by atoms with Gasteiger partial charge in [-0.3, -0.25) is 19.2 Å². The Morgan fingerprint density at radius 1 is 0.250 bits per heavy atom. The van der Waals surface area contributed by atoms with Gasteiger partial charge in [-0.15, -0.1) is 0 Å². The summed E-state index contributed by atoms with van der Waals surface area (Å²) >= 11 is 28.8. The largest absolute Gasteiger partial charge is 1.00 e. The van der Waals surface area contributed by atoms with Crippen LogP contribution < -0.4 is 88.5 Å². The van der Waals surface area contributed by atoms with Crippen molar-refractivity contribution in [3.63, 3.8) is 0 Å². The van der Waals surface area contributed by atoms with E-state index in [0.29, 0.717) is 48.4 Å². The predicted octanol–water partition coefficient (Wildman–Crippen LogP) is 7.73. The van der Waals surface area contributed by atoms with Crippen molar-refractivity contribution in [1.29, 1.82) is 0 Å². The molecular formula is C74H74Au2Cl8N4O4P4+4. The van der Waals surface area contributed by atoms with Crippen molar-refractivity contribution in [1.82, 2.24) is 21.3 Å². The SMILES string of the molecule is ClC(Cl)Cl.ClC(Cl)Cl.O=C(NCC[PH+](c1ccccc1)c1ccccc1)c1cccc(C(=O)NCC[PH+](c2ccccc2)c2ccccc2)c1.O=C(NCC[PH+](c1ccccc1)c1ccccc1)c1cccc(C(=O)NCC[PH+](c2ccccc2)c2ccccc2)c1.[Au+].[Au+].[Cl-].[Cl-]. The second kappa shape index (κ2) is 49.2. The van der Waals surface area contributed by atoms with Crippen LogP contribution in [0.1, 0.15) is 41.4 Å². The van der Waals surface area contributed by atoms with Gasteiger partial charge in [0.15, 0.2) is 8.59 Å². The van der Waals surface area contributed by atoms with Crippen LogP contribution in [0.3, 0.4) is 0 Å². The first-order valence-electron chi connectivity index (χ1n) is 29.9. The van der Waals surface area contributed by atoms with Gasteiger partial charge in [0, 0.05) is 22.3 Å². The Hall–Kier alpha value is -4.40. The van der Waals surface area contributed by atoms with Crippen LogP contribution in [-0.2, 0) is 44.8 Å². The van der Waals surface area contributed by atoms with Crippen molar-refractivity contribution in [2.45, 2.75) is 8.59 Å². The summed E-state index contributed by atoms with van der Waals surface area (Å²) in [7, 11) is -4.13. The third-order valence-electron chi connectivity index (χ3n) is 14.4. The molecule has 22 heteroatoms. The molecule has 0 radical (unpaired) electrons. The Kier molecular flexibility index (Phi) is 44.0. The number of hydrogen-bond acceptors (Lipinski definition) is 4. The fourth-order valence-electron chi connectivity index (χ4n) is 10.2. The van der Waals surface area contributed by atoms with Gasteiger partial charge in [-0.25, -0.2) is 0 Å². The summed E-state index contributed by atoms with van der Waals surface area (Å²) in [6.45, 7) is 2.27. The molecule has 10 rings (SSSR count). The van der Waals surface area contributed by atoms with Gasteiger partial charge < -0.3 is 46.1 Å². The molecule has 0 heterocycles. The van der Waals surface area contributed by atoms with Crippen LogP contribution in [0, 0.1) is 0 Å². The van der Waals surface area contributed by atoms with Gasteiger partial charge in [0.05, 0.1) is 125 Å². The topological polar surface area (TPSA) is 116 Å². The van der Waals surface area contributed by atoms with Crippen LogP contribution in [0.2, 0.25) is 0 Å². The van der Waals surface area contributed by atoms with E-state index in [9.17, 15) is 19.2 Å². The minimum atomic E-state index is -1.03. The molecule has 508 valence electrons. The fourth-order valence-corrected chi connectivity index (χ4v) is 20.1. The second-order valence-electron chi connectivity index (χ2n) is 20.5. The zero-order chi connectivity index (χ0) is 65.1. The van der Waals surface area contributed by atoms with Crippen LogP contribution >= 0.6 is 101 Å². The number of hydrogen-bond donors (Lipinski definition) is 4. The van der Waals surface area contributed by atoms with Crippen molar-refractivity contribution >= 4 is 167 Å². The Balaban J connectivity index is 0.000000433. The molecule has 0 bridgehead atoms. The van der Waals surface area contributed by atoms with Crippen molar-refractivity contribution in [2.24, 2.45) is 0 Å². The smallest absolute Gasteiger partial charge is 1.00 e. The molecule has 4 amide bonds. The summed E-state index contributed by atoms with van der Waals surface area (Å²) in [6, 6.07) is 98.2. The molecular weight excluding hydrogens is 1810 g/mol. The normalized spacial score (nSPS) is 10.3. The molecule has 96 heavy (non-hydrogen) atoms. The van der Waals surface area contributed by atoms with E-state index in [0.717, 1.165) is 24.6 Å². The van der Waals surface area contributed by atoms with E-state index in [-0.39, 0.29) is 93.2 Å². The number of alkyl halides is 6. The monoisotopic (exact) mass is 1880 g/mol. The summed E-state index contributed by atoms with van der Waals surface area (Å²) in [5, 5.41) is 23.0. The van der Waals surface area contributed by atoms with E-state index in [2.05, 4.69) is 215 Å². The molecule has 10 aromatic carbocycles. The minimum Gasteiger partial charge on any atom is -1.00 e. The van der Waals surface area contributed by atoms with Gasteiger partial charge in [0.25, 0.3) is 23.6 Å². The maximum absolute atomic E-state index is 13.1. The third kappa shape index (κ3) is 30.6. The van der Waals surface area contributed by atoms with Crippen LogP contribution in [0.5, 0.6) is 0 Å². The Morgan fingerprint density at radius 3 is 0.521 bits per heavy atom. The summed E-state index contributed by atoms with van der Waals surface area (Å²) in [4.78, 5) is 52.3. The molecule has 0 fully saturated rings. The number of carbonyl (C=O) groups is 4. The second-order valence-corrected chi connectivity index (χ2v) is 34.9. The average molecular weight is 1880 g/mol. The number of nitrogens with one attached hydrogen (secondary N) is 4. The molecule has 0 atom stereocenters. The first-order valence-corrected chi connectivity index (χ1v) is 39.3. The number of benzene rings is 10. The fraction of sp³-hybridized carbons (Fsp3) is 0.135. The summed E-state index contributed by atoms with van der Waals surface area (Å²) in [5.41, 5.74) is 1.98. The van der Waals surface area contributed by atoms with E-state index in [1.807, 2.05) is 48.5 Å². The zero-order valence-electron chi connectivity index (χ0n) is 51.8. The number of halogens is 8. The quantitative estimate of drug-likeness (QED) is 0.0282. The molecule has 0 spiro atoms. The van der Waals surface area contributed by atoms with Gasteiger partial charge >= 0.3 is 44.8 Å². The summed E-state index contributed by atoms with van der Waals surface area (Å²) < 4.78 is -1.50.